The summed E-state index contributed by atoms with van der Waals surface area (Å²) in [6.45, 7) is 2.21. The van der Waals surface area contributed by atoms with Gasteiger partial charge in [-0.2, -0.15) is 0 Å². The first kappa shape index (κ1) is 9.69. The molecule has 0 bridgehead atoms. The molecule has 76 valence electrons. The van der Waals surface area contributed by atoms with Gasteiger partial charge in [0.2, 0.25) is 0 Å². The van der Waals surface area contributed by atoms with Gasteiger partial charge in [0.05, 0.1) is 0 Å². The molecule has 0 saturated heterocycles. The van der Waals surface area contributed by atoms with E-state index in [1.807, 2.05) is 7.05 Å². The minimum atomic E-state index is 0.587. The highest BCUT2D eigenvalue weighted by molar-refractivity contribution is 5.29. The van der Waals surface area contributed by atoms with Crippen molar-refractivity contribution in [2.45, 2.75) is 19.0 Å². The van der Waals surface area contributed by atoms with Gasteiger partial charge in [0, 0.05) is 19.1 Å². The van der Waals surface area contributed by atoms with Crippen molar-refractivity contribution in [2.75, 3.05) is 20.6 Å². The lowest BCUT2D eigenvalue weighted by atomic mass is 10.0. The van der Waals surface area contributed by atoms with Crippen LogP contribution in [0.25, 0.3) is 0 Å². The minimum Gasteiger partial charge on any atom is -0.315 e. The highest BCUT2D eigenvalue weighted by Gasteiger charge is 2.17. The normalized spacial score (nSPS) is 22.9. The SMILES string of the molecule is CN[C@@H]1Cc2ccccc2CN(C)C1. The molecule has 1 aliphatic heterocycles. The Labute approximate surface area is 85.9 Å². The zero-order valence-electron chi connectivity index (χ0n) is 8.96. The topological polar surface area (TPSA) is 15.3 Å². The second-order valence-electron chi connectivity index (χ2n) is 4.16. The first-order valence-electron chi connectivity index (χ1n) is 5.22. The molecular weight excluding hydrogens is 172 g/mol. The maximum Gasteiger partial charge on any atom is 0.0234 e. The molecule has 14 heavy (non-hydrogen) atoms. The predicted octanol–water partition coefficient (Wildman–Crippen LogP) is 1.26. The van der Waals surface area contributed by atoms with Crippen LogP contribution in [0.1, 0.15) is 11.1 Å². The number of rotatable bonds is 1. The average molecular weight is 190 g/mol. The molecule has 0 fully saturated rings. The van der Waals surface area contributed by atoms with Crippen LogP contribution in [0, 0.1) is 0 Å². The van der Waals surface area contributed by atoms with Gasteiger partial charge in [-0.25, -0.2) is 0 Å². The van der Waals surface area contributed by atoms with Gasteiger partial charge in [-0.1, -0.05) is 24.3 Å². The Morgan fingerprint density at radius 1 is 1.29 bits per heavy atom. The molecule has 2 heteroatoms. The molecule has 0 spiro atoms. The zero-order chi connectivity index (χ0) is 9.97. The largest absolute Gasteiger partial charge is 0.315 e. The summed E-state index contributed by atoms with van der Waals surface area (Å²) in [6.07, 6.45) is 1.15. The standard InChI is InChI=1S/C12H18N2/c1-13-12-7-10-5-3-4-6-11(10)8-14(2)9-12/h3-6,12-13H,7-9H2,1-2H3/t12-/m1/s1. The Bertz CT molecular complexity index is 309. The van der Waals surface area contributed by atoms with Crippen molar-refractivity contribution in [2.24, 2.45) is 0 Å². The van der Waals surface area contributed by atoms with E-state index in [9.17, 15) is 0 Å². The van der Waals surface area contributed by atoms with Crippen molar-refractivity contribution < 1.29 is 0 Å². The number of fused-ring (bicyclic) bond motifs is 1. The molecule has 0 radical (unpaired) electrons. The van der Waals surface area contributed by atoms with Gasteiger partial charge in [-0.05, 0) is 31.6 Å². The van der Waals surface area contributed by atoms with Gasteiger partial charge in [-0.3, -0.25) is 0 Å². The monoisotopic (exact) mass is 190 g/mol. The molecule has 1 heterocycles. The Morgan fingerprint density at radius 2 is 2.00 bits per heavy atom. The number of hydrogen-bond donors (Lipinski definition) is 1. The van der Waals surface area contributed by atoms with Crippen molar-refractivity contribution in [3.05, 3.63) is 35.4 Å². The van der Waals surface area contributed by atoms with Gasteiger partial charge >= 0.3 is 0 Å². The number of likely N-dealkylation sites (N-methyl/N-ethyl adjacent to an activating group) is 2. The van der Waals surface area contributed by atoms with Crippen molar-refractivity contribution in [1.82, 2.24) is 10.2 Å². The third-order valence-electron chi connectivity index (χ3n) is 2.97. The second kappa shape index (κ2) is 4.11. The average Bonchev–Trinajstić information content (AvgIpc) is 2.35. The van der Waals surface area contributed by atoms with E-state index in [2.05, 4.69) is 41.5 Å². The minimum absolute atomic E-state index is 0.587. The van der Waals surface area contributed by atoms with Gasteiger partial charge in [0.15, 0.2) is 0 Å². The lowest BCUT2D eigenvalue weighted by Crippen LogP contribution is -2.36. The fraction of sp³-hybridized carbons (Fsp3) is 0.500. The molecule has 0 aromatic heterocycles. The van der Waals surface area contributed by atoms with Crippen molar-refractivity contribution in [1.29, 1.82) is 0 Å². The van der Waals surface area contributed by atoms with E-state index in [0.717, 1.165) is 19.5 Å². The maximum absolute atomic E-state index is 3.37. The van der Waals surface area contributed by atoms with Gasteiger partial charge < -0.3 is 10.2 Å². The summed E-state index contributed by atoms with van der Waals surface area (Å²) in [5, 5.41) is 3.37. The summed E-state index contributed by atoms with van der Waals surface area (Å²) < 4.78 is 0. The summed E-state index contributed by atoms with van der Waals surface area (Å²) in [5.41, 5.74) is 2.98. The summed E-state index contributed by atoms with van der Waals surface area (Å²) in [4.78, 5) is 2.38. The van der Waals surface area contributed by atoms with Crippen LogP contribution < -0.4 is 5.32 Å². The molecule has 1 atom stereocenters. The molecule has 2 nitrogen and oxygen atoms in total. The first-order chi connectivity index (χ1) is 6.79. The Kier molecular flexibility index (Phi) is 2.85. The molecule has 0 unspecified atom stereocenters. The number of nitrogens with zero attached hydrogens (tertiary/aromatic N) is 1. The Hall–Kier alpha value is -0.860. The number of benzene rings is 1. The molecule has 2 rings (SSSR count). The molecule has 1 aromatic carbocycles. The fourth-order valence-electron chi connectivity index (χ4n) is 2.17. The van der Waals surface area contributed by atoms with Gasteiger partial charge in [0.25, 0.3) is 0 Å². The third-order valence-corrected chi connectivity index (χ3v) is 2.97. The second-order valence-corrected chi connectivity index (χ2v) is 4.16. The van der Waals surface area contributed by atoms with Crippen LogP contribution in [-0.4, -0.2) is 31.6 Å². The lowest BCUT2D eigenvalue weighted by molar-refractivity contribution is 0.298. The number of nitrogens with one attached hydrogen (secondary N) is 1. The maximum atomic E-state index is 3.37. The molecule has 0 aliphatic carbocycles. The van der Waals surface area contributed by atoms with Crippen LogP contribution in [0.3, 0.4) is 0 Å². The van der Waals surface area contributed by atoms with Crippen LogP contribution in [0.2, 0.25) is 0 Å². The Morgan fingerprint density at radius 3 is 2.71 bits per heavy atom. The summed E-state index contributed by atoms with van der Waals surface area (Å²) in [5.74, 6) is 0. The molecule has 0 amide bonds. The van der Waals surface area contributed by atoms with E-state index in [0.29, 0.717) is 6.04 Å². The van der Waals surface area contributed by atoms with Crippen molar-refractivity contribution >= 4 is 0 Å². The molecule has 1 aliphatic rings. The molecule has 1 N–H and O–H groups in total. The van der Waals surface area contributed by atoms with Gasteiger partial charge in [0.1, 0.15) is 0 Å². The van der Waals surface area contributed by atoms with Gasteiger partial charge in [-0.15, -0.1) is 0 Å². The molecule has 0 saturated carbocycles. The van der Waals surface area contributed by atoms with Crippen LogP contribution in [-0.2, 0) is 13.0 Å². The highest BCUT2D eigenvalue weighted by atomic mass is 15.1. The van der Waals surface area contributed by atoms with E-state index in [1.54, 1.807) is 0 Å². The van der Waals surface area contributed by atoms with Crippen LogP contribution in [0.4, 0.5) is 0 Å². The lowest BCUT2D eigenvalue weighted by Gasteiger charge is -2.19. The van der Waals surface area contributed by atoms with Crippen LogP contribution in [0.15, 0.2) is 24.3 Å². The smallest absolute Gasteiger partial charge is 0.0234 e. The summed E-state index contributed by atoms with van der Waals surface area (Å²) in [7, 11) is 4.23. The van der Waals surface area contributed by atoms with Crippen LogP contribution in [0.5, 0.6) is 0 Å². The fourth-order valence-corrected chi connectivity index (χ4v) is 2.17. The van der Waals surface area contributed by atoms with Crippen molar-refractivity contribution in [3.63, 3.8) is 0 Å². The first-order valence-corrected chi connectivity index (χ1v) is 5.22. The molecular formula is C12H18N2. The van der Waals surface area contributed by atoms with E-state index in [-0.39, 0.29) is 0 Å². The molecule has 1 aromatic rings. The Balaban J connectivity index is 2.27. The third kappa shape index (κ3) is 1.97. The van der Waals surface area contributed by atoms with E-state index >= 15 is 0 Å². The quantitative estimate of drug-likeness (QED) is 0.717. The van der Waals surface area contributed by atoms with E-state index in [4.69, 9.17) is 0 Å². The van der Waals surface area contributed by atoms with Crippen LogP contribution >= 0.6 is 0 Å². The number of hydrogen-bond acceptors (Lipinski definition) is 2. The van der Waals surface area contributed by atoms with E-state index < -0.39 is 0 Å². The zero-order valence-corrected chi connectivity index (χ0v) is 8.96. The predicted molar refractivity (Wildman–Crippen MR) is 59.3 cm³/mol. The van der Waals surface area contributed by atoms with E-state index in [1.165, 1.54) is 11.1 Å². The highest BCUT2D eigenvalue weighted by Crippen LogP contribution is 2.17. The summed E-state index contributed by atoms with van der Waals surface area (Å²) >= 11 is 0. The summed E-state index contributed by atoms with van der Waals surface area (Å²) in [6, 6.07) is 9.34. The van der Waals surface area contributed by atoms with Crippen molar-refractivity contribution in [3.8, 4) is 0 Å².